The molecule has 120 valence electrons. The van der Waals surface area contributed by atoms with Crippen LogP contribution < -0.4 is 0 Å². The van der Waals surface area contributed by atoms with Crippen LogP contribution in [0, 0.1) is 6.92 Å². The predicted molar refractivity (Wildman–Crippen MR) is 88.8 cm³/mol. The van der Waals surface area contributed by atoms with Crippen molar-refractivity contribution in [2.45, 2.75) is 37.7 Å². The summed E-state index contributed by atoms with van der Waals surface area (Å²) in [5.74, 6) is 2.51. The van der Waals surface area contributed by atoms with E-state index in [0.717, 1.165) is 30.3 Å². The molecule has 7 nitrogen and oxygen atoms in total. The molecule has 2 heterocycles. The third-order valence-electron chi connectivity index (χ3n) is 3.28. The van der Waals surface area contributed by atoms with Crippen molar-refractivity contribution in [3.05, 3.63) is 40.9 Å². The zero-order chi connectivity index (χ0) is 16.2. The number of rotatable bonds is 6. The van der Waals surface area contributed by atoms with Gasteiger partial charge in [-0.15, -0.1) is 15.3 Å². The van der Waals surface area contributed by atoms with Crippen molar-refractivity contribution in [1.82, 2.24) is 35.0 Å². The van der Waals surface area contributed by atoms with Gasteiger partial charge in [-0.25, -0.2) is 0 Å². The lowest BCUT2D eigenvalue weighted by molar-refractivity contribution is 0.636. The summed E-state index contributed by atoms with van der Waals surface area (Å²) in [7, 11) is 0. The number of tetrazole rings is 1. The lowest BCUT2D eigenvalue weighted by Crippen LogP contribution is -2.05. The van der Waals surface area contributed by atoms with Crippen LogP contribution in [0.1, 0.15) is 25.0 Å². The molecule has 0 amide bonds. The average Bonchev–Trinajstić information content (AvgIpc) is 3.14. The third kappa shape index (κ3) is 3.53. The van der Waals surface area contributed by atoms with Crippen LogP contribution in [0.15, 0.2) is 29.4 Å². The molecule has 0 aliphatic rings. The van der Waals surface area contributed by atoms with E-state index >= 15 is 0 Å². The molecule has 0 radical (unpaired) electrons. The molecule has 3 aromatic rings. The number of thioether (sulfide) groups is 1. The van der Waals surface area contributed by atoms with Gasteiger partial charge in [-0.05, 0) is 42.0 Å². The molecule has 2 aromatic heterocycles. The van der Waals surface area contributed by atoms with E-state index in [0.29, 0.717) is 15.9 Å². The van der Waals surface area contributed by atoms with Crippen molar-refractivity contribution in [1.29, 1.82) is 0 Å². The van der Waals surface area contributed by atoms with Crippen molar-refractivity contribution >= 4 is 23.4 Å². The van der Waals surface area contributed by atoms with E-state index in [1.807, 2.05) is 31.2 Å². The Morgan fingerprint density at radius 1 is 1.22 bits per heavy atom. The fourth-order valence-electron chi connectivity index (χ4n) is 2.21. The molecule has 1 aromatic carbocycles. The molecule has 0 aliphatic carbocycles. The second-order valence-corrected chi connectivity index (χ2v) is 6.34. The summed E-state index contributed by atoms with van der Waals surface area (Å²) in [6, 6.07) is 7.43. The van der Waals surface area contributed by atoms with Crippen LogP contribution in [0.25, 0.3) is 5.69 Å². The highest BCUT2D eigenvalue weighted by Crippen LogP contribution is 2.23. The van der Waals surface area contributed by atoms with E-state index in [1.165, 1.54) is 11.8 Å². The largest absolute Gasteiger partial charge is 0.315 e. The molecular formula is C14H16ClN7S. The van der Waals surface area contributed by atoms with Gasteiger partial charge >= 0.3 is 0 Å². The summed E-state index contributed by atoms with van der Waals surface area (Å²) in [5, 5.41) is 21.6. The Morgan fingerprint density at radius 2 is 2.09 bits per heavy atom. The van der Waals surface area contributed by atoms with Crippen LogP contribution in [-0.4, -0.2) is 35.0 Å². The first-order valence-corrected chi connectivity index (χ1v) is 8.61. The Kier molecular flexibility index (Phi) is 4.92. The molecule has 0 N–H and O–H groups in total. The van der Waals surface area contributed by atoms with Crippen LogP contribution in [0.4, 0.5) is 0 Å². The minimum Gasteiger partial charge on any atom is -0.315 e. The summed E-state index contributed by atoms with van der Waals surface area (Å²) in [4.78, 5) is 0. The van der Waals surface area contributed by atoms with Crippen molar-refractivity contribution < 1.29 is 0 Å². The number of nitrogens with zero attached hydrogens (tertiary/aromatic N) is 7. The first-order chi connectivity index (χ1) is 11.2. The molecule has 0 bridgehead atoms. The maximum Gasteiger partial charge on any atom is 0.214 e. The van der Waals surface area contributed by atoms with E-state index in [4.69, 9.17) is 11.6 Å². The van der Waals surface area contributed by atoms with Crippen LogP contribution >= 0.6 is 23.4 Å². The van der Waals surface area contributed by atoms with E-state index in [2.05, 4.69) is 37.2 Å². The van der Waals surface area contributed by atoms with Crippen molar-refractivity contribution in [2.75, 3.05) is 0 Å². The molecule has 0 fully saturated rings. The van der Waals surface area contributed by atoms with Gasteiger partial charge in [0.1, 0.15) is 11.6 Å². The summed E-state index contributed by atoms with van der Waals surface area (Å²) in [6.07, 6.45) is 1.04. The summed E-state index contributed by atoms with van der Waals surface area (Å²) in [5.41, 5.74) is 0.830. The second-order valence-electron chi connectivity index (χ2n) is 4.96. The number of hydrogen-bond acceptors (Lipinski definition) is 6. The Hall–Kier alpha value is -1.93. The minimum absolute atomic E-state index is 0.646. The first kappa shape index (κ1) is 15.9. The quantitative estimate of drug-likeness (QED) is 0.637. The molecule has 0 spiro atoms. The lowest BCUT2D eigenvalue weighted by atomic mass is 10.3. The zero-order valence-corrected chi connectivity index (χ0v) is 14.4. The molecule has 0 aliphatic heterocycles. The SMILES string of the molecule is CCCn1c(C)nnc1CSc1nnnn1-c1cccc(Cl)c1. The standard InChI is InChI=1S/C14H16ClN7S/c1-3-7-21-10(2)16-17-13(21)9-23-14-18-19-20-22(14)12-6-4-5-11(15)8-12/h4-6,8H,3,7,9H2,1-2H3. The molecule has 0 unspecified atom stereocenters. The van der Waals surface area contributed by atoms with E-state index in [1.54, 1.807) is 4.68 Å². The van der Waals surface area contributed by atoms with Crippen molar-refractivity contribution in [3.8, 4) is 5.69 Å². The summed E-state index contributed by atoms with van der Waals surface area (Å²) >= 11 is 7.56. The van der Waals surface area contributed by atoms with E-state index in [9.17, 15) is 0 Å². The summed E-state index contributed by atoms with van der Waals surface area (Å²) in [6.45, 7) is 5.01. The van der Waals surface area contributed by atoms with Crippen LogP contribution in [0.3, 0.4) is 0 Å². The normalized spacial score (nSPS) is 11.1. The monoisotopic (exact) mass is 349 g/mol. The van der Waals surface area contributed by atoms with Gasteiger partial charge in [-0.3, -0.25) is 0 Å². The molecule has 0 saturated carbocycles. The molecule has 9 heteroatoms. The molecule has 0 saturated heterocycles. The first-order valence-electron chi connectivity index (χ1n) is 7.25. The summed E-state index contributed by atoms with van der Waals surface area (Å²) < 4.78 is 3.80. The highest BCUT2D eigenvalue weighted by molar-refractivity contribution is 7.98. The van der Waals surface area contributed by atoms with E-state index < -0.39 is 0 Å². The Bertz CT molecular complexity index is 798. The Labute approximate surface area is 143 Å². The number of benzene rings is 1. The van der Waals surface area contributed by atoms with Gasteiger partial charge in [0.25, 0.3) is 0 Å². The third-order valence-corrected chi connectivity index (χ3v) is 4.43. The Balaban J connectivity index is 1.79. The Morgan fingerprint density at radius 3 is 2.87 bits per heavy atom. The maximum atomic E-state index is 6.04. The number of halogens is 1. The van der Waals surface area contributed by atoms with Crippen molar-refractivity contribution in [2.24, 2.45) is 0 Å². The highest BCUT2D eigenvalue weighted by atomic mass is 35.5. The fourth-order valence-corrected chi connectivity index (χ4v) is 3.23. The second kappa shape index (κ2) is 7.10. The number of aryl methyl sites for hydroxylation is 1. The van der Waals surface area contributed by atoms with Gasteiger partial charge in [0.2, 0.25) is 5.16 Å². The lowest BCUT2D eigenvalue weighted by Gasteiger charge is -2.07. The predicted octanol–water partition coefficient (Wildman–Crippen LogP) is 2.92. The molecule has 23 heavy (non-hydrogen) atoms. The van der Waals surface area contributed by atoms with Crippen molar-refractivity contribution in [3.63, 3.8) is 0 Å². The average molecular weight is 350 g/mol. The fraction of sp³-hybridized carbons (Fsp3) is 0.357. The smallest absolute Gasteiger partial charge is 0.214 e. The number of aromatic nitrogens is 7. The van der Waals surface area contributed by atoms with Crippen LogP contribution in [0.2, 0.25) is 5.02 Å². The maximum absolute atomic E-state index is 6.04. The van der Waals surface area contributed by atoms with Gasteiger partial charge in [0, 0.05) is 11.6 Å². The van der Waals surface area contributed by atoms with Gasteiger partial charge in [-0.1, -0.05) is 36.4 Å². The number of hydrogen-bond donors (Lipinski definition) is 0. The molecule has 3 rings (SSSR count). The zero-order valence-electron chi connectivity index (χ0n) is 12.8. The van der Waals surface area contributed by atoms with E-state index in [-0.39, 0.29) is 0 Å². The molecular weight excluding hydrogens is 334 g/mol. The van der Waals surface area contributed by atoms with Gasteiger partial charge in [0.15, 0.2) is 0 Å². The van der Waals surface area contributed by atoms with Crippen LogP contribution in [0.5, 0.6) is 0 Å². The topological polar surface area (TPSA) is 74.3 Å². The van der Waals surface area contributed by atoms with Crippen LogP contribution in [-0.2, 0) is 12.3 Å². The minimum atomic E-state index is 0.646. The van der Waals surface area contributed by atoms with Gasteiger partial charge < -0.3 is 4.57 Å². The highest BCUT2D eigenvalue weighted by Gasteiger charge is 2.13. The van der Waals surface area contributed by atoms with Gasteiger partial charge in [-0.2, -0.15) is 4.68 Å². The molecule has 0 atom stereocenters. The van der Waals surface area contributed by atoms with Gasteiger partial charge in [0.05, 0.1) is 11.4 Å².